The minimum atomic E-state index is -0.0616. The lowest BCUT2D eigenvalue weighted by atomic mass is 9.93. The fraction of sp³-hybridized carbons (Fsp3) is 0.433. The van der Waals surface area contributed by atoms with Gasteiger partial charge < -0.3 is 9.64 Å². The molecule has 2 heterocycles. The molecule has 1 aromatic heterocycles. The highest BCUT2D eigenvalue weighted by Crippen LogP contribution is 2.28. The number of allylic oxidation sites excluding steroid dienone is 3. The third kappa shape index (κ3) is 5.86. The standard InChI is InChI=1S/C30H36ClN3O2/c1-3-32(2)28-12-14-33(20-28)19-23-4-7-25-17-27(11-8-24(25)16-23)34-15-13-29(18-30(34)35)36-21-22-5-9-26(31)10-6-22/h4-7,9,13,15-18,26,28H,3,8,10-12,14,19-21H2,1-2H3. The van der Waals surface area contributed by atoms with E-state index < -0.39 is 0 Å². The Morgan fingerprint density at radius 1 is 1.19 bits per heavy atom. The summed E-state index contributed by atoms with van der Waals surface area (Å²) in [6.45, 7) is 7.11. The average molecular weight is 506 g/mol. The van der Waals surface area contributed by atoms with Crippen molar-refractivity contribution < 1.29 is 4.74 Å². The maximum absolute atomic E-state index is 12.9. The van der Waals surface area contributed by atoms with E-state index in [4.69, 9.17) is 16.3 Å². The van der Waals surface area contributed by atoms with Crippen molar-refractivity contribution in [2.45, 2.75) is 50.6 Å². The van der Waals surface area contributed by atoms with Gasteiger partial charge in [-0.2, -0.15) is 0 Å². The number of aromatic nitrogens is 1. The molecule has 2 atom stereocenters. The SMILES string of the molecule is CCN(C)C1CCN(Cc2ccc3c(c2)CCC(n2ccc(OCC4=CCC(Cl)C=C4)cc2=O)=C3)C1. The van der Waals surface area contributed by atoms with Gasteiger partial charge in [0.05, 0.1) is 5.38 Å². The van der Waals surface area contributed by atoms with E-state index in [0.29, 0.717) is 18.4 Å². The third-order valence-corrected chi connectivity index (χ3v) is 8.01. The van der Waals surface area contributed by atoms with Gasteiger partial charge in [-0.15, -0.1) is 11.6 Å². The number of rotatable bonds is 8. The Morgan fingerprint density at radius 2 is 2.08 bits per heavy atom. The minimum Gasteiger partial charge on any atom is -0.489 e. The zero-order valence-corrected chi connectivity index (χ0v) is 22.1. The molecule has 190 valence electrons. The highest BCUT2D eigenvalue weighted by Gasteiger charge is 2.25. The number of ether oxygens (including phenoxy) is 1. The van der Waals surface area contributed by atoms with E-state index >= 15 is 0 Å². The molecule has 6 heteroatoms. The van der Waals surface area contributed by atoms with E-state index in [9.17, 15) is 4.79 Å². The van der Waals surface area contributed by atoms with Crippen LogP contribution in [0.1, 0.15) is 42.9 Å². The number of hydrogen-bond donors (Lipinski definition) is 0. The van der Waals surface area contributed by atoms with Crippen molar-refractivity contribution in [3.05, 3.63) is 87.4 Å². The van der Waals surface area contributed by atoms with Crippen LogP contribution in [0, 0.1) is 0 Å². The number of likely N-dealkylation sites (tertiary alicyclic amines) is 1. The Morgan fingerprint density at radius 3 is 2.86 bits per heavy atom. The number of alkyl halides is 1. The summed E-state index contributed by atoms with van der Waals surface area (Å²) < 4.78 is 7.60. The highest BCUT2D eigenvalue weighted by atomic mass is 35.5. The quantitative estimate of drug-likeness (QED) is 0.463. The van der Waals surface area contributed by atoms with Crippen LogP contribution in [0.3, 0.4) is 0 Å². The largest absolute Gasteiger partial charge is 0.489 e. The van der Waals surface area contributed by atoms with E-state index in [0.717, 1.165) is 50.2 Å². The van der Waals surface area contributed by atoms with Crippen molar-refractivity contribution in [3.63, 3.8) is 0 Å². The summed E-state index contributed by atoms with van der Waals surface area (Å²) in [5.41, 5.74) is 6.02. The molecule has 1 fully saturated rings. The predicted molar refractivity (Wildman–Crippen MR) is 149 cm³/mol. The molecule has 0 saturated carbocycles. The number of nitrogens with zero attached hydrogens (tertiary/aromatic N) is 3. The molecule has 36 heavy (non-hydrogen) atoms. The van der Waals surface area contributed by atoms with Crippen molar-refractivity contribution in [2.75, 3.05) is 33.3 Å². The number of aryl methyl sites for hydroxylation is 1. The van der Waals surface area contributed by atoms with Crippen molar-refractivity contribution in [2.24, 2.45) is 0 Å². The fourth-order valence-electron chi connectivity index (χ4n) is 5.35. The Kier molecular flexibility index (Phi) is 7.80. The van der Waals surface area contributed by atoms with E-state index in [-0.39, 0.29) is 10.9 Å². The molecule has 0 bridgehead atoms. The lowest BCUT2D eigenvalue weighted by Gasteiger charge is -2.23. The van der Waals surface area contributed by atoms with Crippen LogP contribution in [0.2, 0.25) is 0 Å². The zero-order chi connectivity index (χ0) is 25.1. The van der Waals surface area contributed by atoms with Crippen LogP contribution < -0.4 is 10.3 Å². The van der Waals surface area contributed by atoms with E-state index in [1.807, 2.05) is 24.4 Å². The van der Waals surface area contributed by atoms with Gasteiger partial charge in [0.1, 0.15) is 12.4 Å². The number of fused-ring (bicyclic) bond motifs is 1. The Labute approximate surface area is 219 Å². The second kappa shape index (κ2) is 11.2. The first-order chi connectivity index (χ1) is 17.5. The van der Waals surface area contributed by atoms with Gasteiger partial charge in [-0.05, 0) is 73.7 Å². The number of hydrogen-bond acceptors (Lipinski definition) is 4. The summed E-state index contributed by atoms with van der Waals surface area (Å²) in [5.74, 6) is 0.592. The number of pyridine rings is 1. The first-order valence-corrected chi connectivity index (χ1v) is 13.5. The van der Waals surface area contributed by atoms with Crippen molar-refractivity contribution in [3.8, 4) is 5.75 Å². The number of halogens is 1. The van der Waals surface area contributed by atoms with Crippen LogP contribution in [0.15, 0.2) is 65.1 Å². The third-order valence-electron chi connectivity index (χ3n) is 7.69. The molecule has 0 N–H and O–H groups in total. The van der Waals surface area contributed by atoms with Crippen molar-refractivity contribution in [1.82, 2.24) is 14.4 Å². The molecule has 1 aromatic carbocycles. The molecular formula is C30H36ClN3O2. The van der Waals surface area contributed by atoms with Gasteiger partial charge in [0.15, 0.2) is 0 Å². The van der Waals surface area contributed by atoms with Crippen LogP contribution in [0.5, 0.6) is 5.75 Å². The summed E-state index contributed by atoms with van der Waals surface area (Å²) in [7, 11) is 2.23. The number of benzene rings is 1. The summed E-state index contributed by atoms with van der Waals surface area (Å²) in [5, 5.41) is 0.0591. The Balaban J connectivity index is 1.23. The molecule has 5 nitrogen and oxygen atoms in total. The molecule has 3 aliphatic rings. The normalized spacial score (nSPS) is 21.9. The van der Waals surface area contributed by atoms with Crippen LogP contribution in [0.25, 0.3) is 11.8 Å². The highest BCUT2D eigenvalue weighted by molar-refractivity contribution is 6.22. The predicted octanol–water partition coefficient (Wildman–Crippen LogP) is 5.19. The molecule has 1 aliphatic heterocycles. The van der Waals surface area contributed by atoms with Gasteiger partial charge in [0, 0.05) is 43.6 Å². The van der Waals surface area contributed by atoms with Crippen molar-refractivity contribution in [1.29, 1.82) is 0 Å². The zero-order valence-electron chi connectivity index (χ0n) is 21.3. The topological polar surface area (TPSA) is 37.7 Å². The summed E-state index contributed by atoms with van der Waals surface area (Å²) >= 11 is 6.08. The van der Waals surface area contributed by atoms with Gasteiger partial charge in [-0.25, -0.2) is 0 Å². The monoisotopic (exact) mass is 505 g/mol. The van der Waals surface area contributed by atoms with Gasteiger partial charge in [-0.1, -0.05) is 43.4 Å². The smallest absolute Gasteiger partial charge is 0.258 e. The molecule has 1 saturated heterocycles. The summed E-state index contributed by atoms with van der Waals surface area (Å²) in [6.07, 6.45) is 13.9. The van der Waals surface area contributed by atoms with Crippen LogP contribution >= 0.6 is 11.6 Å². The summed E-state index contributed by atoms with van der Waals surface area (Å²) in [4.78, 5) is 17.9. The molecule has 0 amide bonds. The van der Waals surface area contributed by atoms with E-state index in [1.165, 1.54) is 29.7 Å². The van der Waals surface area contributed by atoms with E-state index in [1.54, 1.807) is 10.6 Å². The van der Waals surface area contributed by atoms with Crippen LogP contribution in [-0.2, 0) is 13.0 Å². The Hall–Kier alpha value is -2.60. The molecule has 0 spiro atoms. The molecule has 2 aromatic rings. The van der Waals surface area contributed by atoms with Gasteiger partial charge >= 0.3 is 0 Å². The second-order valence-electron chi connectivity index (χ2n) is 10.2. The van der Waals surface area contributed by atoms with Crippen LogP contribution in [0.4, 0.5) is 0 Å². The van der Waals surface area contributed by atoms with Gasteiger partial charge in [0.25, 0.3) is 5.56 Å². The maximum atomic E-state index is 12.9. The average Bonchev–Trinajstić information content (AvgIpc) is 3.36. The first-order valence-electron chi connectivity index (χ1n) is 13.1. The number of likely N-dealkylation sites (N-methyl/N-ethyl adjacent to an activating group) is 1. The molecule has 0 radical (unpaired) electrons. The minimum absolute atomic E-state index is 0.0591. The summed E-state index contributed by atoms with van der Waals surface area (Å²) in [6, 6.07) is 11.0. The first kappa shape index (κ1) is 25.1. The molecule has 5 rings (SSSR count). The lowest BCUT2D eigenvalue weighted by Crippen LogP contribution is -2.34. The van der Waals surface area contributed by atoms with Gasteiger partial charge in [0.2, 0.25) is 0 Å². The second-order valence-corrected chi connectivity index (χ2v) is 10.7. The Bertz CT molecular complexity index is 1240. The maximum Gasteiger partial charge on any atom is 0.258 e. The van der Waals surface area contributed by atoms with E-state index in [2.05, 4.69) is 54.1 Å². The van der Waals surface area contributed by atoms with Gasteiger partial charge in [-0.3, -0.25) is 14.3 Å². The molecule has 2 aliphatic carbocycles. The van der Waals surface area contributed by atoms with Crippen molar-refractivity contribution >= 4 is 23.4 Å². The van der Waals surface area contributed by atoms with Crippen LogP contribution in [-0.4, -0.2) is 59.1 Å². The fourth-order valence-corrected chi connectivity index (χ4v) is 5.51. The molecule has 2 unspecified atom stereocenters. The lowest BCUT2D eigenvalue weighted by molar-refractivity contribution is 0.238. The molecular weight excluding hydrogens is 470 g/mol.